The zero-order valence-corrected chi connectivity index (χ0v) is 12.3. The predicted octanol–water partition coefficient (Wildman–Crippen LogP) is 3.00. The van der Waals surface area contributed by atoms with Crippen molar-refractivity contribution in [3.05, 3.63) is 68.7 Å². The molecule has 0 aliphatic rings. The highest BCUT2D eigenvalue weighted by Crippen LogP contribution is 2.23. The second kappa shape index (κ2) is 7.02. The molecule has 0 bridgehead atoms. The lowest BCUT2D eigenvalue weighted by molar-refractivity contribution is -0.384. The molecule has 2 rings (SSSR count). The number of nitro groups is 1. The number of non-ortho nitro benzene ring substituents is 1. The maximum atomic E-state index is 12.2. The molecule has 3 N–H and O–H groups in total. The number of nitro benzene ring substituents is 1. The van der Waals surface area contributed by atoms with E-state index >= 15 is 0 Å². The Labute approximate surface area is 132 Å². The van der Waals surface area contributed by atoms with E-state index in [0.717, 1.165) is 18.1 Å². The van der Waals surface area contributed by atoms with Gasteiger partial charge in [-0.25, -0.2) is 0 Å². The molecule has 22 heavy (non-hydrogen) atoms. The summed E-state index contributed by atoms with van der Waals surface area (Å²) < 4.78 is 0. The summed E-state index contributed by atoms with van der Waals surface area (Å²) in [6.45, 7) is 0.551. The van der Waals surface area contributed by atoms with Gasteiger partial charge in [-0.3, -0.25) is 14.9 Å². The fraction of sp³-hybridized carbons (Fsp3) is 0.133. The third kappa shape index (κ3) is 3.81. The SMILES string of the molecule is NCCc1ccc(NC(=O)c2cc([N+](=O)[O-])ccc2Cl)cc1. The molecule has 0 aromatic heterocycles. The summed E-state index contributed by atoms with van der Waals surface area (Å²) in [5.41, 5.74) is 6.98. The van der Waals surface area contributed by atoms with Gasteiger partial charge in [-0.1, -0.05) is 23.7 Å². The molecular formula is C15H14ClN3O3. The van der Waals surface area contributed by atoms with Gasteiger partial charge in [-0.15, -0.1) is 0 Å². The van der Waals surface area contributed by atoms with Gasteiger partial charge in [0.05, 0.1) is 15.5 Å². The third-order valence-electron chi connectivity index (χ3n) is 3.05. The van der Waals surface area contributed by atoms with Gasteiger partial charge in [-0.05, 0) is 36.7 Å². The number of hydrogen-bond donors (Lipinski definition) is 2. The maximum absolute atomic E-state index is 12.2. The van der Waals surface area contributed by atoms with Gasteiger partial charge in [0.2, 0.25) is 0 Å². The molecule has 6 nitrogen and oxygen atoms in total. The molecule has 1 amide bonds. The minimum absolute atomic E-state index is 0.0573. The van der Waals surface area contributed by atoms with E-state index in [0.29, 0.717) is 12.2 Å². The van der Waals surface area contributed by atoms with Gasteiger partial charge in [0.25, 0.3) is 11.6 Å². The highest BCUT2D eigenvalue weighted by atomic mass is 35.5. The molecule has 0 spiro atoms. The van der Waals surface area contributed by atoms with E-state index in [1.807, 2.05) is 12.1 Å². The molecule has 0 aliphatic heterocycles. The zero-order chi connectivity index (χ0) is 16.1. The molecule has 0 saturated heterocycles. The van der Waals surface area contributed by atoms with Crippen molar-refractivity contribution in [1.82, 2.24) is 0 Å². The second-order valence-corrected chi connectivity index (χ2v) is 5.02. The first-order chi connectivity index (χ1) is 10.5. The predicted molar refractivity (Wildman–Crippen MR) is 85.3 cm³/mol. The van der Waals surface area contributed by atoms with Crippen LogP contribution < -0.4 is 11.1 Å². The molecule has 2 aromatic rings. The monoisotopic (exact) mass is 319 g/mol. The van der Waals surface area contributed by atoms with E-state index in [-0.39, 0.29) is 16.3 Å². The first-order valence-electron chi connectivity index (χ1n) is 6.55. The number of hydrogen-bond acceptors (Lipinski definition) is 4. The number of halogens is 1. The van der Waals surface area contributed by atoms with Crippen molar-refractivity contribution in [3.63, 3.8) is 0 Å². The van der Waals surface area contributed by atoms with Crippen LogP contribution in [0, 0.1) is 10.1 Å². The number of carbonyl (C=O) groups excluding carboxylic acids is 1. The van der Waals surface area contributed by atoms with Crippen LogP contribution >= 0.6 is 11.6 Å². The van der Waals surface area contributed by atoms with Crippen molar-refractivity contribution in [1.29, 1.82) is 0 Å². The maximum Gasteiger partial charge on any atom is 0.270 e. The Morgan fingerprint density at radius 3 is 2.50 bits per heavy atom. The summed E-state index contributed by atoms with van der Waals surface area (Å²) in [7, 11) is 0. The van der Waals surface area contributed by atoms with Crippen LogP contribution in [0.15, 0.2) is 42.5 Å². The van der Waals surface area contributed by atoms with Gasteiger partial charge in [0.15, 0.2) is 0 Å². The first kappa shape index (κ1) is 15.9. The van der Waals surface area contributed by atoms with Crippen LogP contribution in [0.25, 0.3) is 0 Å². The van der Waals surface area contributed by atoms with E-state index < -0.39 is 10.8 Å². The Hall–Kier alpha value is -2.44. The molecule has 114 valence electrons. The highest BCUT2D eigenvalue weighted by molar-refractivity contribution is 6.34. The van der Waals surface area contributed by atoms with Crippen molar-refractivity contribution in [2.45, 2.75) is 6.42 Å². The van der Waals surface area contributed by atoms with Gasteiger partial charge in [-0.2, -0.15) is 0 Å². The van der Waals surface area contributed by atoms with Crippen LogP contribution in [-0.2, 0) is 6.42 Å². The number of anilines is 1. The zero-order valence-electron chi connectivity index (χ0n) is 11.6. The number of rotatable bonds is 5. The first-order valence-corrected chi connectivity index (χ1v) is 6.93. The highest BCUT2D eigenvalue weighted by Gasteiger charge is 2.16. The van der Waals surface area contributed by atoms with Crippen molar-refractivity contribution < 1.29 is 9.72 Å². The second-order valence-electron chi connectivity index (χ2n) is 4.61. The van der Waals surface area contributed by atoms with Gasteiger partial charge < -0.3 is 11.1 Å². The molecule has 0 atom stereocenters. The molecule has 7 heteroatoms. The number of benzene rings is 2. The standard InChI is InChI=1S/C15H14ClN3O3/c16-14-6-5-12(19(21)22)9-13(14)15(20)18-11-3-1-10(2-4-11)7-8-17/h1-6,9H,7-8,17H2,(H,18,20). The van der Waals surface area contributed by atoms with Crippen LogP contribution in [0.2, 0.25) is 5.02 Å². The fourth-order valence-electron chi connectivity index (χ4n) is 1.92. The summed E-state index contributed by atoms with van der Waals surface area (Å²) in [5, 5.41) is 13.6. The average Bonchev–Trinajstić information content (AvgIpc) is 2.49. The topological polar surface area (TPSA) is 98.3 Å². The van der Waals surface area contributed by atoms with E-state index in [2.05, 4.69) is 5.32 Å². The number of nitrogens with one attached hydrogen (secondary N) is 1. The van der Waals surface area contributed by atoms with Crippen LogP contribution in [0.5, 0.6) is 0 Å². The Balaban J connectivity index is 2.18. The van der Waals surface area contributed by atoms with Crippen molar-refractivity contribution in [2.75, 3.05) is 11.9 Å². The van der Waals surface area contributed by atoms with Crippen LogP contribution in [0.3, 0.4) is 0 Å². The lowest BCUT2D eigenvalue weighted by Crippen LogP contribution is -2.13. The number of amides is 1. The smallest absolute Gasteiger partial charge is 0.270 e. The molecule has 0 aliphatic carbocycles. The normalized spacial score (nSPS) is 10.3. The van der Waals surface area contributed by atoms with Gasteiger partial charge >= 0.3 is 0 Å². The van der Waals surface area contributed by atoms with Crippen LogP contribution in [-0.4, -0.2) is 17.4 Å². The molecule has 0 fully saturated rings. The lowest BCUT2D eigenvalue weighted by Gasteiger charge is -2.07. The quantitative estimate of drug-likeness (QED) is 0.653. The summed E-state index contributed by atoms with van der Waals surface area (Å²) in [4.78, 5) is 22.4. The number of carbonyl (C=O) groups is 1. The number of nitrogens with two attached hydrogens (primary N) is 1. The summed E-state index contributed by atoms with van der Waals surface area (Å²) in [5.74, 6) is -0.500. The summed E-state index contributed by atoms with van der Waals surface area (Å²) >= 11 is 5.93. The molecule has 0 unspecified atom stereocenters. The van der Waals surface area contributed by atoms with E-state index in [1.165, 1.54) is 12.1 Å². The van der Waals surface area contributed by atoms with Crippen molar-refractivity contribution >= 4 is 28.9 Å². The largest absolute Gasteiger partial charge is 0.330 e. The van der Waals surface area contributed by atoms with E-state index in [9.17, 15) is 14.9 Å². The Morgan fingerprint density at radius 2 is 1.91 bits per heavy atom. The van der Waals surface area contributed by atoms with Crippen molar-refractivity contribution in [3.8, 4) is 0 Å². The third-order valence-corrected chi connectivity index (χ3v) is 3.38. The summed E-state index contributed by atoms with van der Waals surface area (Å²) in [6, 6.07) is 10.9. The van der Waals surface area contributed by atoms with Crippen molar-refractivity contribution in [2.24, 2.45) is 5.73 Å². The molecule has 0 radical (unpaired) electrons. The Morgan fingerprint density at radius 1 is 1.23 bits per heavy atom. The van der Waals surface area contributed by atoms with Gasteiger partial charge in [0.1, 0.15) is 0 Å². The van der Waals surface area contributed by atoms with Crippen LogP contribution in [0.1, 0.15) is 15.9 Å². The van der Waals surface area contributed by atoms with E-state index in [4.69, 9.17) is 17.3 Å². The average molecular weight is 320 g/mol. The van der Waals surface area contributed by atoms with Crippen LogP contribution in [0.4, 0.5) is 11.4 Å². The Bertz CT molecular complexity index is 702. The van der Waals surface area contributed by atoms with Gasteiger partial charge in [0, 0.05) is 17.8 Å². The lowest BCUT2D eigenvalue weighted by atomic mass is 10.1. The summed E-state index contributed by atoms with van der Waals surface area (Å²) in [6.07, 6.45) is 0.755. The molecular weight excluding hydrogens is 306 g/mol. The minimum atomic E-state index is -0.575. The fourth-order valence-corrected chi connectivity index (χ4v) is 2.12. The van der Waals surface area contributed by atoms with E-state index in [1.54, 1.807) is 12.1 Å². The Kier molecular flexibility index (Phi) is 5.08. The minimum Gasteiger partial charge on any atom is -0.330 e. The molecule has 0 saturated carbocycles. The molecule has 0 heterocycles. The molecule has 2 aromatic carbocycles. The number of nitrogens with zero attached hydrogens (tertiary/aromatic N) is 1.